The highest BCUT2D eigenvalue weighted by atomic mass is 16.5. The third-order valence-corrected chi connectivity index (χ3v) is 4.34. The van der Waals surface area contributed by atoms with Gasteiger partial charge in [-0.15, -0.1) is 0 Å². The number of hydrogen-bond donors (Lipinski definition) is 1. The molecule has 0 saturated carbocycles. The summed E-state index contributed by atoms with van der Waals surface area (Å²) < 4.78 is 5.74. The summed E-state index contributed by atoms with van der Waals surface area (Å²) in [7, 11) is 0. The number of carbonyl (C=O) groups is 2. The molecule has 2 amide bonds. The monoisotopic (exact) mass is 368 g/mol. The molecule has 0 fully saturated rings. The standard InChI is InChI=1S/C22H28N2O3/c1-5-24(18(4)25)15-19-7-6-8-20(14-19)23-22(26)11-12-27-21-13-16(2)9-10-17(21)3/h6-10,13-14H,5,11-12,15H2,1-4H3,(H,23,26). The molecule has 0 aliphatic heterocycles. The summed E-state index contributed by atoms with van der Waals surface area (Å²) in [5, 5.41) is 2.89. The van der Waals surface area contributed by atoms with Crippen LogP contribution in [0, 0.1) is 13.8 Å². The van der Waals surface area contributed by atoms with Gasteiger partial charge in [-0.2, -0.15) is 0 Å². The molecule has 0 atom stereocenters. The maximum atomic E-state index is 12.2. The predicted molar refractivity (Wildman–Crippen MR) is 108 cm³/mol. The molecule has 0 saturated heterocycles. The lowest BCUT2D eigenvalue weighted by atomic mass is 10.1. The zero-order valence-electron chi connectivity index (χ0n) is 16.5. The quantitative estimate of drug-likeness (QED) is 0.764. The van der Waals surface area contributed by atoms with Crippen LogP contribution in [0.25, 0.3) is 0 Å². The van der Waals surface area contributed by atoms with Crippen LogP contribution in [0.3, 0.4) is 0 Å². The van der Waals surface area contributed by atoms with Gasteiger partial charge in [-0.05, 0) is 55.7 Å². The smallest absolute Gasteiger partial charge is 0.227 e. The lowest BCUT2D eigenvalue weighted by Gasteiger charge is -2.19. The van der Waals surface area contributed by atoms with Crippen molar-refractivity contribution in [1.82, 2.24) is 4.90 Å². The molecule has 0 aromatic heterocycles. The van der Waals surface area contributed by atoms with E-state index in [0.717, 1.165) is 28.1 Å². The zero-order valence-corrected chi connectivity index (χ0v) is 16.5. The number of ether oxygens (including phenoxy) is 1. The van der Waals surface area contributed by atoms with Crippen LogP contribution in [0.2, 0.25) is 0 Å². The summed E-state index contributed by atoms with van der Waals surface area (Å²) in [6, 6.07) is 13.6. The van der Waals surface area contributed by atoms with Gasteiger partial charge in [-0.1, -0.05) is 24.3 Å². The van der Waals surface area contributed by atoms with Gasteiger partial charge in [-0.25, -0.2) is 0 Å². The van der Waals surface area contributed by atoms with Crippen LogP contribution in [0.15, 0.2) is 42.5 Å². The summed E-state index contributed by atoms with van der Waals surface area (Å²) in [6.07, 6.45) is 0.270. The van der Waals surface area contributed by atoms with Crippen LogP contribution in [0.1, 0.15) is 37.0 Å². The Morgan fingerprint density at radius 3 is 2.59 bits per heavy atom. The van der Waals surface area contributed by atoms with Crippen molar-refractivity contribution in [3.63, 3.8) is 0 Å². The van der Waals surface area contributed by atoms with Crippen LogP contribution in [-0.4, -0.2) is 29.9 Å². The summed E-state index contributed by atoms with van der Waals surface area (Å²) in [5.41, 5.74) is 3.89. The van der Waals surface area contributed by atoms with Crippen molar-refractivity contribution in [2.75, 3.05) is 18.5 Å². The third-order valence-electron chi connectivity index (χ3n) is 4.34. The highest BCUT2D eigenvalue weighted by Crippen LogP contribution is 2.19. The molecule has 2 aromatic carbocycles. The number of benzene rings is 2. The fourth-order valence-corrected chi connectivity index (χ4v) is 2.75. The minimum atomic E-state index is -0.101. The van der Waals surface area contributed by atoms with Gasteiger partial charge in [-0.3, -0.25) is 9.59 Å². The second-order valence-electron chi connectivity index (χ2n) is 6.65. The van der Waals surface area contributed by atoms with Gasteiger partial charge in [0.1, 0.15) is 5.75 Å². The molecule has 0 aliphatic carbocycles. The normalized spacial score (nSPS) is 10.4. The third kappa shape index (κ3) is 6.44. The van der Waals surface area contributed by atoms with E-state index in [0.29, 0.717) is 19.7 Å². The van der Waals surface area contributed by atoms with Crippen molar-refractivity contribution in [3.8, 4) is 5.75 Å². The van der Waals surface area contributed by atoms with E-state index in [-0.39, 0.29) is 18.2 Å². The van der Waals surface area contributed by atoms with E-state index in [4.69, 9.17) is 4.74 Å². The molecule has 0 heterocycles. The Labute approximate surface area is 161 Å². The zero-order chi connectivity index (χ0) is 19.8. The minimum Gasteiger partial charge on any atom is -0.493 e. The first kappa shape index (κ1) is 20.5. The van der Waals surface area contributed by atoms with Gasteiger partial charge >= 0.3 is 0 Å². The van der Waals surface area contributed by atoms with Gasteiger partial charge < -0.3 is 15.0 Å². The SMILES string of the molecule is CCN(Cc1cccc(NC(=O)CCOc2cc(C)ccc2C)c1)C(C)=O. The molecule has 0 aliphatic rings. The highest BCUT2D eigenvalue weighted by Gasteiger charge is 2.09. The summed E-state index contributed by atoms with van der Waals surface area (Å²) in [5.74, 6) is 0.751. The molecular formula is C22H28N2O3. The number of carbonyl (C=O) groups excluding carboxylic acids is 2. The molecule has 5 nitrogen and oxygen atoms in total. The van der Waals surface area contributed by atoms with Crippen molar-refractivity contribution in [1.29, 1.82) is 0 Å². The Morgan fingerprint density at radius 2 is 1.89 bits per heavy atom. The van der Waals surface area contributed by atoms with E-state index >= 15 is 0 Å². The molecule has 5 heteroatoms. The number of nitrogens with zero attached hydrogens (tertiary/aromatic N) is 1. The second kappa shape index (κ2) is 9.76. The topological polar surface area (TPSA) is 58.6 Å². The lowest BCUT2D eigenvalue weighted by molar-refractivity contribution is -0.129. The fraction of sp³-hybridized carbons (Fsp3) is 0.364. The number of hydrogen-bond acceptors (Lipinski definition) is 3. The van der Waals surface area contributed by atoms with E-state index < -0.39 is 0 Å². The Hall–Kier alpha value is -2.82. The lowest BCUT2D eigenvalue weighted by Crippen LogP contribution is -2.27. The molecule has 0 bridgehead atoms. The van der Waals surface area contributed by atoms with Crippen molar-refractivity contribution in [3.05, 3.63) is 59.2 Å². The molecule has 2 rings (SSSR count). The first-order chi connectivity index (χ1) is 12.9. The highest BCUT2D eigenvalue weighted by molar-refractivity contribution is 5.90. The molecule has 1 N–H and O–H groups in total. The van der Waals surface area contributed by atoms with E-state index in [1.165, 1.54) is 0 Å². The van der Waals surface area contributed by atoms with Crippen LogP contribution < -0.4 is 10.1 Å². The van der Waals surface area contributed by atoms with Crippen molar-refractivity contribution in [2.24, 2.45) is 0 Å². The van der Waals surface area contributed by atoms with Gasteiger partial charge in [0.25, 0.3) is 0 Å². The Balaban J connectivity index is 1.87. The van der Waals surface area contributed by atoms with Crippen LogP contribution in [-0.2, 0) is 16.1 Å². The van der Waals surface area contributed by atoms with Crippen molar-refractivity contribution < 1.29 is 14.3 Å². The Morgan fingerprint density at radius 1 is 1.11 bits per heavy atom. The molecule has 0 spiro atoms. The van der Waals surface area contributed by atoms with Crippen LogP contribution in [0.5, 0.6) is 5.75 Å². The summed E-state index contributed by atoms with van der Waals surface area (Å²) in [4.78, 5) is 25.5. The Bertz CT molecular complexity index is 802. The average molecular weight is 368 g/mol. The molecule has 0 unspecified atom stereocenters. The van der Waals surface area contributed by atoms with Crippen LogP contribution in [0.4, 0.5) is 5.69 Å². The van der Waals surface area contributed by atoms with Gasteiger partial charge in [0, 0.05) is 25.7 Å². The van der Waals surface area contributed by atoms with Crippen molar-refractivity contribution >= 4 is 17.5 Å². The first-order valence-electron chi connectivity index (χ1n) is 9.23. The van der Waals surface area contributed by atoms with Gasteiger partial charge in [0.15, 0.2) is 0 Å². The number of nitrogens with one attached hydrogen (secondary N) is 1. The number of amides is 2. The number of rotatable bonds is 8. The van der Waals surface area contributed by atoms with Gasteiger partial charge in [0.05, 0.1) is 13.0 Å². The van der Waals surface area contributed by atoms with E-state index in [9.17, 15) is 9.59 Å². The molecule has 27 heavy (non-hydrogen) atoms. The van der Waals surface area contributed by atoms with Crippen molar-refractivity contribution in [2.45, 2.75) is 40.7 Å². The number of aryl methyl sites for hydroxylation is 2. The molecule has 2 aromatic rings. The van der Waals surface area contributed by atoms with E-state index in [1.807, 2.05) is 63.2 Å². The molecule has 0 radical (unpaired) electrons. The maximum absolute atomic E-state index is 12.2. The molecule has 144 valence electrons. The predicted octanol–water partition coefficient (Wildman–Crippen LogP) is 4.08. The number of anilines is 1. The maximum Gasteiger partial charge on any atom is 0.227 e. The minimum absolute atomic E-state index is 0.0375. The summed E-state index contributed by atoms with van der Waals surface area (Å²) in [6.45, 7) is 9.02. The first-order valence-corrected chi connectivity index (χ1v) is 9.23. The van der Waals surface area contributed by atoms with Crippen LogP contribution >= 0.6 is 0 Å². The second-order valence-corrected chi connectivity index (χ2v) is 6.65. The molecular weight excluding hydrogens is 340 g/mol. The van der Waals surface area contributed by atoms with E-state index in [1.54, 1.807) is 11.8 Å². The van der Waals surface area contributed by atoms with E-state index in [2.05, 4.69) is 5.32 Å². The van der Waals surface area contributed by atoms with Gasteiger partial charge in [0.2, 0.25) is 11.8 Å². The summed E-state index contributed by atoms with van der Waals surface area (Å²) >= 11 is 0. The fourth-order valence-electron chi connectivity index (χ4n) is 2.75. The average Bonchev–Trinajstić information content (AvgIpc) is 2.62. The largest absolute Gasteiger partial charge is 0.493 e. The Kier molecular flexibility index (Phi) is 7.41.